The molecule has 0 spiro atoms. The molecular formula is C15H17NO4S2. The largest absolute Gasteiger partial charge is 0.366 e. The Morgan fingerprint density at radius 3 is 2.41 bits per heavy atom. The lowest BCUT2D eigenvalue weighted by Gasteiger charge is -2.01. The third-order valence-electron chi connectivity index (χ3n) is 2.59. The summed E-state index contributed by atoms with van der Waals surface area (Å²) in [6.07, 6.45) is 1.35. The van der Waals surface area contributed by atoms with Crippen molar-refractivity contribution in [2.24, 2.45) is 5.73 Å². The van der Waals surface area contributed by atoms with Gasteiger partial charge in [-0.3, -0.25) is 9.35 Å². The number of rotatable bonds is 3. The van der Waals surface area contributed by atoms with Crippen molar-refractivity contribution in [3.63, 3.8) is 0 Å². The molecular weight excluding hydrogens is 322 g/mol. The molecule has 0 saturated heterocycles. The van der Waals surface area contributed by atoms with Crippen molar-refractivity contribution in [1.29, 1.82) is 0 Å². The molecule has 2 aromatic rings. The molecule has 1 heterocycles. The number of hydrogen-bond acceptors (Lipinski definition) is 4. The van der Waals surface area contributed by atoms with Crippen molar-refractivity contribution in [2.75, 3.05) is 0 Å². The zero-order valence-corrected chi connectivity index (χ0v) is 13.8. The monoisotopic (exact) mass is 339 g/mol. The Morgan fingerprint density at radius 1 is 1.27 bits per heavy atom. The van der Waals surface area contributed by atoms with Gasteiger partial charge in [0, 0.05) is 10.4 Å². The summed E-state index contributed by atoms with van der Waals surface area (Å²) in [5.74, 6) is -0.359. The Balaban J connectivity index is 0.000000220. The Hall–Kier alpha value is -1.96. The van der Waals surface area contributed by atoms with E-state index in [9.17, 15) is 13.2 Å². The number of nitrogens with two attached hydrogens (primary N) is 1. The molecule has 3 N–H and O–H groups in total. The molecule has 0 atom stereocenters. The third kappa shape index (κ3) is 6.66. The summed E-state index contributed by atoms with van der Waals surface area (Å²) < 4.78 is 28.7. The summed E-state index contributed by atoms with van der Waals surface area (Å²) >= 11 is 1.40. The van der Waals surface area contributed by atoms with Crippen LogP contribution in [0.5, 0.6) is 0 Å². The molecule has 0 saturated carbocycles. The molecule has 1 amide bonds. The van der Waals surface area contributed by atoms with E-state index < -0.39 is 10.1 Å². The number of thiophene rings is 1. The predicted molar refractivity (Wildman–Crippen MR) is 89.3 cm³/mol. The van der Waals surface area contributed by atoms with Gasteiger partial charge in [0.05, 0.1) is 5.41 Å². The van der Waals surface area contributed by atoms with E-state index in [-0.39, 0.29) is 5.91 Å². The molecule has 0 aliphatic carbocycles. The highest BCUT2D eigenvalue weighted by atomic mass is 32.2. The summed E-state index contributed by atoms with van der Waals surface area (Å²) in [6, 6.07) is 9.14. The zero-order chi connectivity index (χ0) is 16.8. The van der Waals surface area contributed by atoms with Gasteiger partial charge in [0.2, 0.25) is 5.91 Å². The average molecular weight is 339 g/mol. The quantitative estimate of drug-likeness (QED) is 0.840. The van der Waals surface area contributed by atoms with E-state index in [0.29, 0.717) is 5.56 Å². The van der Waals surface area contributed by atoms with Crippen LogP contribution in [0.2, 0.25) is 0 Å². The molecule has 1 aromatic heterocycles. The maximum atomic E-state index is 10.8. The van der Waals surface area contributed by atoms with Gasteiger partial charge in [-0.25, -0.2) is 0 Å². The molecule has 0 aliphatic rings. The van der Waals surface area contributed by atoms with Crippen LogP contribution in [0, 0.1) is 13.8 Å². The van der Waals surface area contributed by atoms with Gasteiger partial charge in [0.1, 0.15) is 0 Å². The van der Waals surface area contributed by atoms with Gasteiger partial charge in [-0.05, 0) is 43.0 Å². The van der Waals surface area contributed by atoms with E-state index in [4.69, 9.17) is 10.3 Å². The molecule has 5 nitrogen and oxygen atoms in total. The fraction of sp³-hybridized carbons (Fsp3) is 0.133. The van der Waals surface area contributed by atoms with Crippen LogP contribution in [-0.2, 0) is 10.1 Å². The van der Waals surface area contributed by atoms with E-state index in [0.717, 1.165) is 21.4 Å². The standard InChI is InChI=1S/C9H11NO.C6H6O3S2/c1-6-3-4-8(9(10)11)7(2)5-6;7-11(8,9)5-3-6-2-1-4-10-6/h3-5H,1-2H3,(H2,10,11);1-5H,(H,7,8,9)/b;5-3+. The summed E-state index contributed by atoms with van der Waals surface area (Å²) in [5, 5.41) is 2.59. The van der Waals surface area contributed by atoms with Crippen LogP contribution in [0.15, 0.2) is 41.1 Å². The van der Waals surface area contributed by atoms with E-state index in [1.807, 2.05) is 31.4 Å². The van der Waals surface area contributed by atoms with Crippen LogP contribution in [-0.4, -0.2) is 18.9 Å². The first-order valence-electron chi connectivity index (χ1n) is 6.25. The second-order valence-electron chi connectivity index (χ2n) is 4.52. The highest BCUT2D eigenvalue weighted by molar-refractivity contribution is 7.88. The highest BCUT2D eigenvalue weighted by Gasteiger charge is 2.02. The van der Waals surface area contributed by atoms with Crippen molar-refractivity contribution < 1.29 is 17.8 Å². The van der Waals surface area contributed by atoms with E-state index in [2.05, 4.69) is 0 Å². The Morgan fingerprint density at radius 2 is 1.95 bits per heavy atom. The molecule has 0 unspecified atom stereocenters. The summed E-state index contributed by atoms with van der Waals surface area (Å²) in [7, 11) is -3.97. The number of carbonyl (C=O) groups excluding carboxylic acids is 1. The van der Waals surface area contributed by atoms with Crippen molar-refractivity contribution in [3.8, 4) is 0 Å². The van der Waals surface area contributed by atoms with E-state index >= 15 is 0 Å². The minimum atomic E-state index is -3.97. The number of hydrogen-bond donors (Lipinski definition) is 2. The Kier molecular flexibility index (Phi) is 6.48. The van der Waals surface area contributed by atoms with Gasteiger partial charge >= 0.3 is 0 Å². The van der Waals surface area contributed by atoms with Crippen LogP contribution in [0.3, 0.4) is 0 Å². The second-order valence-corrected chi connectivity index (χ2v) is 6.80. The number of primary amides is 1. The molecule has 0 radical (unpaired) electrons. The zero-order valence-electron chi connectivity index (χ0n) is 12.2. The first-order valence-corrected chi connectivity index (χ1v) is 8.63. The van der Waals surface area contributed by atoms with Gasteiger partial charge in [0.15, 0.2) is 0 Å². The number of aryl methyl sites for hydroxylation is 2. The highest BCUT2D eigenvalue weighted by Crippen LogP contribution is 2.10. The minimum absolute atomic E-state index is 0.359. The lowest BCUT2D eigenvalue weighted by atomic mass is 10.1. The molecule has 0 fully saturated rings. The van der Waals surface area contributed by atoms with Crippen LogP contribution in [0.4, 0.5) is 0 Å². The molecule has 1 aromatic carbocycles. The molecule has 0 aliphatic heterocycles. The topological polar surface area (TPSA) is 97.5 Å². The number of carbonyl (C=O) groups is 1. The average Bonchev–Trinajstić information content (AvgIpc) is 2.89. The first kappa shape index (κ1) is 18.1. The number of amides is 1. The lowest BCUT2D eigenvalue weighted by Crippen LogP contribution is -2.12. The summed E-state index contributed by atoms with van der Waals surface area (Å²) in [4.78, 5) is 11.5. The molecule has 118 valence electrons. The fourth-order valence-corrected chi connectivity index (χ4v) is 2.65. The van der Waals surface area contributed by atoms with E-state index in [1.165, 1.54) is 17.4 Å². The van der Waals surface area contributed by atoms with Crippen molar-refractivity contribution in [1.82, 2.24) is 0 Å². The predicted octanol–water partition coefficient (Wildman–Crippen LogP) is 3.01. The van der Waals surface area contributed by atoms with Crippen molar-refractivity contribution in [2.45, 2.75) is 13.8 Å². The molecule has 7 heteroatoms. The van der Waals surface area contributed by atoms with Crippen LogP contribution in [0.1, 0.15) is 26.4 Å². The van der Waals surface area contributed by atoms with E-state index in [1.54, 1.807) is 18.2 Å². The first-order chi connectivity index (χ1) is 10.2. The maximum Gasteiger partial charge on any atom is 0.287 e. The summed E-state index contributed by atoms with van der Waals surface area (Å²) in [5.41, 5.74) is 7.82. The normalized spacial score (nSPS) is 11.0. The van der Waals surface area contributed by atoms with Crippen LogP contribution in [0.25, 0.3) is 6.08 Å². The molecule has 2 rings (SSSR count). The maximum absolute atomic E-state index is 10.8. The fourth-order valence-electron chi connectivity index (χ4n) is 1.63. The molecule has 22 heavy (non-hydrogen) atoms. The lowest BCUT2D eigenvalue weighted by molar-refractivity contribution is 0.0999. The van der Waals surface area contributed by atoms with Gasteiger partial charge < -0.3 is 5.73 Å². The minimum Gasteiger partial charge on any atom is -0.366 e. The van der Waals surface area contributed by atoms with Crippen LogP contribution < -0.4 is 5.73 Å². The van der Waals surface area contributed by atoms with Crippen molar-refractivity contribution in [3.05, 3.63) is 62.7 Å². The van der Waals surface area contributed by atoms with Gasteiger partial charge in [-0.1, -0.05) is 23.8 Å². The third-order valence-corrected chi connectivity index (χ3v) is 3.91. The molecule has 0 bridgehead atoms. The van der Waals surface area contributed by atoms with Gasteiger partial charge in [-0.15, -0.1) is 11.3 Å². The Labute approximate surface area is 133 Å². The van der Waals surface area contributed by atoms with Crippen LogP contribution >= 0.6 is 11.3 Å². The smallest absolute Gasteiger partial charge is 0.287 e. The van der Waals surface area contributed by atoms with Gasteiger partial charge in [0.25, 0.3) is 10.1 Å². The van der Waals surface area contributed by atoms with Crippen molar-refractivity contribution >= 4 is 33.4 Å². The second kappa shape index (κ2) is 7.88. The Bertz CT molecular complexity index is 763. The number of benzene rings is 1. The SMILES string of the molecule is Cc1ccc(C(N)=O)c(C)c1.O=S(=O)(O)/C=C/c1cccs1. The summed E-state index contributed by atoms with van der Waals surface area (Å²) in [6.45, 7) is 3.87. The van der Waals surface area contributed by atoms with Gasteiger partial charge in [-0.2, -0.15) is 8.42 Å².